The Hall–Kier alpha value is -2.55. The summed E-state index contributed by atoms with van der Waals surface area (Å²) < 4.78 is 5.60. The van der Waals surface area contributed by atoms with Gasteiger partial charge in [-0.25, -0.2) is 4.98 Å². The van der Waals surface area contributed by atoms with E-state index in [4.69, 9.17) is 4.42 Å². The number of anilines is 1. The first-order valence-electron chi connectivity index (χ1n) is 6.60. The number of nitrogens with one attached hydrogen (secondary N) is 1. The molecule has 3 heteroatoms. The molecule has 1 N–H and O–H groups in total. The maximum Gasteiger partial charge on any atom is 0.134 e. The summed E-state index contributed by atoms with van der Waals surface area (Å²) in [6, 6.07) is 16.2. The molecule has 0 aliphatic carbocycles. The average molecular weight is 264 g/mol. The summed E-state index contributed by atoms with van der Waals surface area (Å²) in [5.74, 6) is 1.76. The van der Waals surface area contributed by atoms with Crippen LogP contribution in [0.15, 0.2) is 65.4 Å². The molecule has 0 atom stereocenters. The third-order valence-electron chi connectivity index (χ3n) is 3.10. The molecule has 0 unspecified atom stereocenters. The van der Waals surface area contributed by atoms with Gasteiger partial charge in [0.1, 0.15) is 11.6 Å². The Labute approximate surface area is 118 Å². The van der Waals surface area contributed by atoms with Crippen molar-refractivity contribution in [3.05, 3.63) is 72.1 Å². The summed E-state index contributed by atoms with van der Waals surface area (Å²) in [7, 11) is 0. The summed E-state index contributed by atoms with van der Waals surface area (Å²) in [4.78, 5) is 4.32. The minimum absolute atomic E-state index is 0.701. The van der Waals surface area contributed by atoms with Gasteiger partial charge in [-0.05, 0) is 24.6 Å². The number of hydrogen-bond acceptors (Lipinski definition) is 3. The van der Waals surface area contributed by atoms with Crippen LogP contribution in [0.4, 0.5) is 5.82 Å². The van der Waals surface area contributed by atoms with Gasteiger partial charge < -0.3 is 9.73 Å². The van der Waals surface area contributed by atoms with Crippen molar-refractivity contribution in [3.63, 3.8) is 0 Å². The van der Waals surface area contributed by atoms with Crippen LogP contribution in [0.25, 0.3) is 11.3 Å². The van der Waals surface area contributed by atoms with Crippen molar-refractivity contribution in [3.8, 4) is 11.3 Å². The van der Waals surface area contributed by atoms with Crippen molar-refractivity contribution < 1.29 is 4.42 Å². The minimum Gasteiger partial charge on any atom is -0.464 e. The molecule has 0 aliphatic rings. The molecule has 2 aromatic heterocycles. The lowest BCUT2D eigenvalue weighted by atomic mass is 10.1. The number of furan rings is 1. The lowest BCUT2D eigenvalue weighted by molar-refractivity contribution is 0.579. The van der Waals surface area contributed by atoms with Crippen LogP contribution in [0.1, 0.15) is 11.1 Å². The van der Waals surface area contributed by atoms with Gasteiger partial charge in [-0.15, -0.1) is 0 Å². The summed E-state index contributed by atoms with van der Waals surface area (Å²) in [6.07, 6.45) is 3.64. The van der Waals surface area contributed by atoms with Gasteiger partial charge in [0.15, 0.2) is 0 Å². The Bertz CT molecular complexity index is 672. The molecule has 20 heavy (non-hydrogen) atoms. The molecular weight excluding hydrogens is 248 g/mol. The van der Waals surface area contributed by atoms with Crippen LogP contribution in [0, 0.1) is 6.92 Å². The van der Waals surface area contributed by atoms with E-state index in [1.165, 1.54) is 0 Å². The molecule has 0 saturated carbocycles. The number of benzene rings is 1. The predicted octanol–water partition coefficient (Wildman–Crippen LogP) is 4.26. The molecule has 0 radical (unpaired) electrons. The molecule has 0 aliphatic heterocycles. The van der Waals surface area contributed by atoms with Gasteiger partial charge in [0, 0.05) is 23.9 Å². The molecule has 0 amide bonds. The SMILES string of the molecule is Cc1ccc(NCc2coc(-c3ccccc3)c2)nc1. The van der Waals surface area contributed by atoms with E-state index in [1.807, 2.05) is 55.6 Å². The molecule has 100 valence electrons. The van der Waals surface area contributed by atoms with Crippen molar-refractivity contribution in [2.24, 2.45) is 0 Å². The average Bonchev–Trinajstić information content (AvgIpc) is 2.97. The second kappa shape index (κ2) is 5.61. The van der Waals surface area contributed by atoms with Crippen molar-refractivity contribution in [2.45, 2.75) is 13.5 Å². The van der Waals surface area contributed by atoms with Crippen molar-refractivity contribution in [1.82, 2.24) is 4.98 Å². The number of aryl methyl sites for hydroxylation is 1. The Kier molecular flexibility index (Phi) is 3.50. The number of nitrogens with zero attached hydrogens (tertiary/aromatic N) is 1. The fourth-order valence-electron chi connectivity index (χ4n) is 1.99. The van der Waals surface area contributed by atoms with E-state index < -0.39 is 0 Å². The van der Waals surface area contributed by atoms with Gasteiger partial charge in [-0.3, -0.25) is 0 Å². The van der Waals surface area contributed by atoms with Gasteiger partial charge in [0.05, 0.1) is 6.26 Å². The second-order valence-corrected chi connectivity index (χ2v) is 4.76. The highest BCUT2D eigenvalue weighted by Crippen LogP contribution is 2.22. The molecule has 0 fully saturated rings. The van der Waals surface area contributed by atoms with E-state index in [2.05, 4.69) is 16.4 Å². The fourth-order valence-corrected chi connectivity index (χ4v) is 1.99. The molecule has 1 aromatic carbocycles. The Morgan fingerprint density at radius 1 is 1.10 bits per heavy atom. The zero-order valence-electron chi connectivity index (χ0n) is 11.3. The zero-order valence-corrected chi connectivity index (χ0v) is 11.3. The predicted molar refractivity (Wildman–Crippen MR) is 80.4 cm³/mol. The second-order valence-electron chi connectivity index (χ2n) is 4.76. The van der Waals surface area contributed by atoms with Gasteiger partial charge >= 0.3 is 0 Å². The Morgan fingerprint density at radius 3 is 2.70 bits per heavy atom. The van der Waals surface area contributed by atoms with Crippen LogP contribution < -0.4 is 5.32 Å². The lowest BCUT2D eigenvalue weighted by Gasteiger charge is -2.03. The molecule has 3 nitrogen and oxygen atoms in total. The van der Waals surface area contributed by atoms with Gasteiger partial charge in [-0.2, -0.15) is 0 Å². The molecule has 2 heterocycles. The van der Waals surface area contributed by atoms with E-state index in [1.54, 1.807) is 6.26 Å². The minimum atomic E-state index is 0.701. The largest absolute Gasteiger partial charge is 0.464 e. The van der Waals surface area contributed by atoms with Crippen LogP contribution >= 0.6 is 0 Å². The number of hydrogen-bond donors (Lipinski definition) is 1. The Morgan fingerprint density at radius 2 is 1.95 bits per heavy atom. The van der Waals surface area contributed by atoms with Crippen LogP contribution in [0.5, 0.6) is 0 Å². The van der Waals surface area contributed by atoms with E-state index in [9.17, 15) is 0 Å². The van der Waals surface area contributed by atoms with Crippen LogP contribution in [-0.2, 0) is 6.54 Å². The first-order valence-corrected chi connectivity index (χ1v) is 6.60. The number of pyridine rings is 1. The summed E-state index contributed by atoms with van der Waals surface area (Å²) in [5.41, 5.74) is 3.35. The molecule has 0 spiro atoms. The maximum atomic E-state index is 5.60. The smallest absolute Gasteiger partial charge is 0.134 e. The monoisotopic (exact) mass is 264 g/mol. The third kappa shape index (κ3) is 2.88. The summed E-state index contributed by atoms with van der Waals surface area (Å²) in [6.45, 7) is 2.73. The first kappa shape index (κ1) is 12.5. The van der Waals surface area contributed by atoms with E-state index in [0.29, 0.717) is 6.54 Å². The van der Waals surface area contributed by atoms with Crippen LogP contribution in [0.2, 0.25) is 0 Å². The molecule has 3 aromatic rings. The molecule has 0 saturated heterocycles. The van der Waals surface area contributed by atoms with Crippen molar-refractivity contribution in [1.29, 1.82) is 0 Å². The van der Waals surface area contributed by atoms with Gasteiger partial charge in [-0.1, -0.05) is 36.4 Å². The topological polar surface area (TPSA) is 38.1 Å². The summed E-state index contributed by atoms with van der Waals surface area (Å²) >= 11 is 0. The molecule has 3 rings (SSSR count). The molecular formula is C17H16N2O. The normalized spacial score (nSPS) is 10.4. The van der Waals surface area contributed by atoms with Gasteiger partial charge in [0.25, 0.3) is 0 Å². The molecule has 0 bridgehead atoms. The standard InChI is InChI=1S/C17H16N2O/c1-13-7-8-17(18-10-13)19-11-14-9-16(20-12-14)15-5-3-2-4-6-15/h2-10,12H,11H2,1H3,(H,18,19). The zero-order chi connectivity index (χ0) is 13.8. The number of rotatable bonds is 4. The number of aromatic nitrogens is 1. The third-order valence-corrected chi connectivity index (χ3v) is 3.10. The van der Waals surface area contributed by atoms with E-state index in [0.717, 1.165) is 28.3 Å². The Balaban J connectivity index is 1.67. The van der Waals surface area contributed by atoms with Crippen LogP contribution in [-0.4, -0.2) is 4.98 Å². The van der Waals surface area contributed by atoms with Crippen molar-refractivity contribution in [2.75, 3.05) is 5.32 Å². The highest BCUT2D eigenvalue weighted by atomic mass is 16.3. The summed E-state index contributed by atoms with van der Waals surface area (Å²) in [5, 5.41) is 3.28. The van der Waals surface area contributed by atoms with E-state index in [-0.39, 0.29) is 0 Å². The highest BCUT2D eigenvalue weighted by molar-refractivity contribution is 5.58. The lowest BCUT2D eigenvalue weighted by Crippen LogP contribution is -1.99. The van der Waals surface area contributed by atoms with E-state index >= 15 is 0 Å². The van der Waals surface area contributed by atoms with Crippen molar-refractivity contribution >= 4 is 5.82 Å². The highest BCUT2D eigenvalue weighted by Gasteiger charge is 2.04. The van der Waals surface area contributed by atoms with Gasteiger partial charge in [0.2, 0.25) is 0 Å². The first-order chi connectivity index (χ1) is 9.81. The fraction of sp³-hybridized carbons (Fsp3) is 0.118. The van der Waals surface area contributed by atoms with Crippen LogP contribution in [0.3, 0.4) is 0 Å². The quantitative estimate of drug-likeness (QED) is 0.765. The maximum absolute atomic E-state index is 5.60.